The van der Waals surface area contributed by atoms with Crippen LogP contribution in [0.3, 0.4) is 0 Å². The first-order valence-electron chi connectivity index (χ1n) is 10.4. The highest BCUT2D eigenvalue weighted by atomic mass is 35.5. The second-order valence-corrected chi connectivity index (χ2v) is 8.13. The maximum absolute atomic E-state index is 12.0. The number of fused-ring (bicyclic) bond motifs is 1. The number of hydrogen-bond acceptors (Lipinski definition) is 5. The number of H-pyrrole nitrogens is 1. The number of hydrogen-bond donors (Lipinski definition) is 3. The van der Waals surface area contributed by atoms with Gasteiger partial charge in [-0.2, -0.15) is 0 Å². The van der Waals surface area contributed by atoms with E-state index in [9.17, 15) is 9.90 Å². The summed E-state index contributed by atoms with van der Waals surface area (Å²) in [7, 11) is 0. The van der Waals surface area contributed by atoms with Gasteiger partial charge in [-0.05, 0) is 73.9 Å². The summed E-state index contributed by atoms with van der Waals surface area (Å²) < 4.78 is 6.03. The first-order chi connectivity index (χ1) is 14.2. The molecule has 0 spiro atoms. The molecule has 2 fully saturated rings. The van der Waals surface area contributed by atoms with Crippen molar-refractivity contribution < 1.29 is 9.84 Å². The molecule has 1 aliphatic carbocycles. The summed E-state index contributed by atoms with van der Waals surface area (Å²) in [5, 5.41) is 15.1. The van der Waals surface area contributed by atoms with Crippen molar-refractivity contribution in [1.82, 2.24) is 15.3 Å². The smallest absolute Gasteiger partial charge is 0.249 e. The zero-order chi connectivity index (χ0) is 19.8. The Kier molecular flexibility index (Phi) is 5.97. The number of rotatable bonds is 5. The third-order valence-electron chi connectivity index (χ3n) is 5.90. The molecule has 2 aliphatic rings. The molecule has 0 bridgehead atoms. The average molecular weight is 428 g/mol. The fraction of sp³-hybridized carbons (Fsp3) is 0.391. The van der Waals surface area contributed by atoms with E-state index in [0.29, 0.717) is 41.1 Å². The summed E-state index contributed by atoms with van der Waals surface area (Å²) in [5.74, 6) is 1.71. The van der Waals surface area contributed by atoms with Gasteiger partial charge in [-0.15, -0.1) is 12.4 Å². The fourth-order valence-corrected chi connectivity index (χ4v) is 4.14. The molecule has 158 valence electrons. The number of aromatic amines is 1. The highest BCUT2D eigenvalue weighted by Crippen LogP contribution is 2.40. The van der Waals surface area contributed by atoms with E-state index in [4.69, 9.17) is 9.72 Å². The highest BCUT2D eigenvalue weighted by molar-refractivity contribution is 5.86. The van der Waals surface area contributed by atoms with Gasteiger partial charge in [0.15, 0.2) is 0 Å². The van der Waals surface area contributed by atoms with Crippen LogP contribution in [0.2, 0.25) is 0 Å². The lowest BCUT2D eigenvalue weighted by Crippen LogP contribution is -2.28. The molecule has 0 amide bonds. The molecule has 1 unspecified atom stereocenters. The maximum atomic E-state index is 12.0. The van der Waals surface area contributed by atoms with Gasteiger partial charge >= 0.3 is 0 Å². The van der Waals surface area contributed by atoms with E-state index in [2.05, 4.69) is 16.4 Å². The van der Waals surface area contributed by atoms with Crippen molar-refractivity contribution in [3.8, 4) is 22.8 Å². The molecular formula is C23H26ClN3O3. The quantitative estimate of drug-likeness (QED) is 0.573. The molecule has 3 heterocycles. The van der Waals surface area contributed by atoms with Crippen molar-refractivity contribution in [3.05, 3.63) is 52.3 Å². The zero-order valence-electron chi connectivity index (χ0n) is 16.7. The third-order valence-corrected chi connectivity index (χ3v) is 5.90. The normalized spacial score (nSPS) is 18.7. The minimum atomic E-state index is -0.183. The summed E-state index contributed by atoms with van der Waals surface area (Å²) in [6.07, 6.45) is 4.58. The van der Waals surface area contributed by atoms with Crippen LogP contribution in [0, 0.1) is 5.92 Å². The standard InChI is InChI=1S/C23H25N3O3.ClH/c27-19-4-1-5-20(29-13-14-6-7-14)22(19)18-11-17(15-3-2-10-24-12-15)16-8-9-21(28)26-23(16)25-18;/h1,4-5,8-9,11,14-15,24,27H,2-3,6-7,10,12-13H2,(H,25,26,28);1H. The summed E-state index contributed by atoms with van der Waals surface area (Å²) in [4.78, 5) is 19.5. The van der Waals surface area contributed by atoms with Crippen molar-refractivity contribution in [2.24, 2.45) is 5.92 Å². The van der Waals surface area contributed by atoms with Crippen LogP contribution in [-0.2, 0) is 0 Å². The molecule has 5 rings (SSSR count). The second kappa shape index (κ2) is 8.66. The lowest BCUT2D eigenvalue weighted by atomic mass is 9.89. The van der Waals surface area contributed by atoms with Crippen LogP contribution in [0.25, 0.3) is 22.3 Å². The molecule has 3 N–H and O–H groups in total. The summed E-state index contributed by atoms with van der Waals surface area (Å²) >= 11 is 0. The van der Waals surface area contributed by atoms with Gasteiger partial charge in [0.2, 0.25) is 5.56 Å². The average Bonchev–Trinajstić information content (AvgIpc) is 3.56. The number of aromatic nitrogens is 2. The van der Waals surface area contributed by atoms with Crippen LogP contribution in [0.1, 0.15) is 37.2 Å². The van der Waals surface area contributed by atoms with Gasteiger partial charge in [-0.25, -0.2) is 4.98 Å². The Labute approximate surface area is 181 Å². The molecule has 3 aromatic rings. The number of ether oxygens (including phenoxy) is 1. The molecule has 1 saturated heterocycles. The van der Waals surface area contributed by atoms with Gasteiger partial charge in [0.25, 0.3) is 0 Å². The topological polar surface area (TPSA) is 87.2 Å². The number of piperidine rings is 1. The number of pyridine rings is 2. The largest absolute Gasteiger partial charge is 0.507 e. The Hall–Kier alpha value is -2.57. The van der Waals surface area contributed by atoms with Crippen LogP contribution < -0.4 is 15.6 Å². The number of nitrogens with one attached hydrogen (secondary N) is 2. The molecule has 1 saturated carbocycles. The third kappa shape index (κ3) is 4.16. The Morgan fingerprint density at radius 3 is 2.80 bits per heavy atom. The molecule has 7 heteroatoms. The van der Waals surface area contributed by atoms with E-state index in [1.54, 1.807) is 18.2 Å². The van der Waals surface area contributed by atoms with Gasteiger partial charge in [-0.3, -0.25) is 4.79 Å². The van der Waals surface area contributed by atoms with Crippen LogP contribution in [-0.4, -0.2) is 34.8 Å². The van der Waals surface area contributed by atoms with Gasteiger partial charge < -0.3 is 20.1 Å². The number of phenols is 1. The van der Waals surface area contributed by atoms with Crippen molar-refractivity contribution >= 4 is 23.4 Å². The second-order valence-electron chi connectivity index (χ2n) is 8.13. The number of aromatic hydroxyl groups is 1. The lowest BCUT2D eigenvalue weighted by Gasteiger charge is -2.25. The van der Waals surface area contributed by atoms with Crippen LogP contribution >= 0.6 is 12.4 Å². The van der Waals surface area contributed by atoms with Gasteiger partial charge in [0.1, 0.15) is 17.1 Å². The van der Waals surface area contributed by atoms with Crippen molar-refractivity contribution in [3.63, 3.8) is 0 Å². The summed E-state index contributed by atoms with van der Waals surface area (Å²) in [6, 6.07) is 10.8. The van der Waals surface area contributed by atoms with Crippen LogP contribution in [0.15, 0.2) is 41.2 Å². The predicted molar refractivity (Wildman–Crippen MR) is 120 cm³/mol. The van der Waals surface area contributed by atoms with Crippen molar-refractivity contribution in [2.75, 3.05) is 19.7 Å². The van der Waals surface area contributed by atoms with Gasteiger partial charge in [0, 0.05) is 18.0 Å². The molecule has 6 nitrogen and oxygen atoms in total. The first kappa shape index (κ1) is 20.7. The minimum absolute atomic E-state index is 0. The van der Waals surface area contributed by atoms with E-state index in [-0.39, 0.29) is 23.7 Å². The van der Waals surface area contributed by atoms with E-state index in [0.717, 1.165) is 36.9 Å². The van der Waals surface area contributed by atoms with E-state index >= 15 is 0 Å². The van der Waals surface area contributed by atoms with Gasteiger partial charge in [-0.1, -0.05) is 6.07 Å². The molecule has 1 aliphatic heterocycles. The monoisotopic (exact) mass is 427 g/mol. The fourth-order valence-electron chi connectivity index (χ4n) is 4.14. The van der Waals surface area contributed by atoms with Crippen LogP contribution in [0.5, 0.6) is 11.5 Å². The maximum Gasteiger partial charge on any atom is 0.249 e. The first-order valence-corrected chi connectivity index (χ1v) is 10.4. The number of phenolic OH excluding ortho intramolecular Hbond substituents is 1. The van der Waals surface area contributed by atoms with Gasteiger partial charge in [0.05, 0.1) is 17.9 Å². The predicted octanol–water partition coefficient (Wildman–Crippen LogP) is 3.97. The molecule has 2 aromatic heterocycles. The zero-order valence-corrected chi connectivity index (χ0v) is 17.5. The Morgan fingerprint density at radius 1 is 1.17 bits per heavy atom. The van der Waals surface area contributed by atoms with E-state index in [1.165, 1.54) is 12.8 Å². The Balaban J connectivity index is 0.00000218. The molecule has 1 aromatic carbocycles. The van der Waals surface area contributed by atoms with Crippen LogP contribution in [0.4, 0.5) is 0 Å². The lowest BCUT2D eigenvalue weighted by molar-refractivity contribution is 0.299. The molecule has 1 atom stereocenters. The molecular weight excluding hydrogens is 402 g/mol. The molecule has 0 radical (unpaired) electrons. The number of benzene rings is 1. The van der Waals surface area contributed by atoms with Crippen molar-refractivity contribution in [1.29, 1.82) is 0 Å². The minimum Gasteiger partial charge on any atom is -0.507 e. The number of halogens is 1. The highest BCUT2D eigenvalue weighted by Gasteiger charge is 2.25. The van der Waals surface area contributed by atoms with E-state index in [1.807, 2.05) is 12.1 Å². The van der Waals surface area contributed by atoms with E-state index < -0.39 is 0 Å². The Morgan fingerprint density at radius 2 is 2.03 bits per heavy atom. The SMILES string of the molecule is Cl.O=c1ccc2c(C3CCCNC3)cc(-c3c(O)cccc3OCC3CC3)nc2[nH]1. The Bertz CT molecular complexity index is 1100. The summed E-state index contributed by atoms with van der Waals surface area (Å²) in [5.41, 5.74) is 2.72. The molecule has 30 heavy (non-hydrogen) atoms. The number of nitrogens with zero attached hydrogens (tertiary/aromatic N) is 1. The van der Waals surface area contributed by atoms with Crippen molar-refractivity contribution in [2.45, 2.75) is 31.6 Å². The summed E-state index contributed by atoms with van der Waals surface area (Å²) in [6.45, 7) is 2.57.